The quantitative estimate of drug-likeness (QED) is 0.735. The number of aliphatic hydroxyl groups excluding tert-OH is 1. The van der Waals surface area contributed by atoms with Gasteiger partial charge in [-0.3, -0.25) is 4.79 Å². The monoisotopic (exact) mass is 376 g/mol. The molecule has 0 atom stereocenters. The predicted octanol–water partition coefficient (Wildman–Crippen LogP) is 1.20. The Balaban J connectivity index is 2.02. The summed E-state index contributed by atoms with van der Waals surface area (Å²) < 4.78 is 6.49. The first-order valence-corrected chi connectivity index (χ1v) is 8.20. The Morgan fingerprint density at radius 3 is 2.92 bits per heavy atom. The Kier molecular flexibility index (Phi) is 5.24. The second-order valence-electron chi connectivity index (χ2n) is 5.53. The van der Waals surface area contributed by atoms with Crippen molar-refractivity contribution in [1.29, 1.82) is 0 Å². The van der Waals surface area contributed by atoms with E-state index >= 15 is 0 Å². The number of carbonyl (C=O) groups excluding carboxylic acids is 2. The number of esters is 1. The number of nitrogens with zero attached hydrogens (tertiary/aromatic N) is 3. The molecule has 1 amide bonds. The van der Waals surface area contributed by atoms with Crippen LogP contribution in [-0.2, 0) is 14.3 Å². The number of amides is 1. The van der Waals surface area contributed by atoms with E-state index in [0.29, 0.717) is 16.4 Å². The number of nitrogens with one attached hydrogen (secondary N) is 1. The van der Waals surface area contributed by atoms with Crippen molar-refractivity contribution >= 4 is 29.2 Å². The molecule has 0 spiro atoms. The average molecular weight is 377 g/mol. The third kappa shape index (κ3) is 3.29. The number of halogens is 1. The highest BCUT2D eigenvalue weighted by atomic mass is 35.5. The second kappa shape index (κ2) is 7.59. The van der Waals surface area contributed by atoms with Gasteiger partial charge in [0.05, 0.1) is 48.6 Å². The Bertz CT molecular complexity index is 864. The van der Waals surface area contributed by atoms with Crippen molar-refractivity contribution in [2.75, 3.05) is 32.1 Å². The minimum absolute atomic E-state index is 0.0649. The lowest BCUT2D eigenvalue weighted by Gasteiger charge is -2.17. The highest BCUT2D eigenvalue weighted by Crippen LogP contribution is 2.31. The maximum atomic E-state index is 12.6. The molecule has 9 heteroatoms. The largest absolute Gasteiger partial charge is 0.466 e. The van der Waals surface area contributed by atoms with Crippen LogP contribution >= 0.6 is 11.6 Å². The molecule has 1 aromatic carbocycles. The molecule has 0 aliphatic carbocycles. The van der Waals surface area contributed by atoms with Gasteiger partial charge in [0.1, 0.15) is 5.70 Å². The summed E-state index contributed by atoms with van der Waals surface area (Å²) in [6, 6.07) is 5.19. The number of hydrogen-bond donors (Lipinski definition) is 2. The topological polar surface area (TPSA) is 96.7 Å². The summed E-state index contributed by atoms with van der Waals surface area (Å²) in [5.74, 6) is -0.997. The highest BCUT2D eigenvalue weighted by molar-refractivity contribution is 6.33. The van der Waals surface area contributed by atoms with E-state index in [1.807, 2.05) is 0 Å². The molecular weight excluding hydrogens is 360 g/mol. The molecule has 2 aromatic rings. The summed E-state index contributed by atoms with van der Waals surface area (Å²) in [5.41, 5.74) is 1.43. The Morgan fingerprint density at radius 2 is 2.27 bits per heavy atom. The fourth-order valence-electron chi connectivity index (χ4n) is 2.75. The third-order valence-electron chi connectivity index (χ3n) is 3.96. The third-order valence-corrected chi connectivity index (χ3v) is 4.27. The van der Waals surface area contributed by atoms with Gasteiger partial charge in [-0.2, -0.15) is 0 Å². The average Bonchev–Trinajstić information content (AvgIpc) is 3.25. The number of imidazole rings is 1. The van der Waals surface area contributed by atoms with Crippen LogP contribution in [0, 0.1) is 0 Å². The van der Waals surface area contributed by atoms with Gasteiger partial charge in [-0.15, -0.1) is 0 Å². The Morgan fingerprint density at radius 1 is 1.46 bits per heavy atom. The maximum Gasteiger partial charge on any atom is 0.337 e. The van der Waals surface area contributed by atoms with Gasteiger partial charge in [-0.1, -0.05) is 17.7 Å². The number of β-amino-alcohol motifs (C(OH)–C–C–N with tert-alkyl or cyclic N) is 1. The number of carbonyl (C=O) groups is 2. The molecule has 3 rings (SSSR count). The van der Waals surface area contributed by atoms with Gasteiger partial charge in [0, 0.05) is 18.9 Å². The van der Waals surface area contributed by atoms with E-state index in [2.05, 4.69) is 10.3 Å². The highest BCUT2D eigenvalue weighted by Gasteiger charge is 2.34. The minimum Gasteiger partial charge on any atom is -0.466 e. The number of ether oxygens (including phenoxy) is 1. The van der Waals surface area contributed by atoms with Crippen molar-refractivity contribution in [2.45, 2.75) is 0 Å². The predicted molar refractivity (Wildman–Crippen MR) is 94.9 cm³/mol. The van der Waals surface area contributed by atoms with Crippen LogP contribution < -0.4 is 5.32 Å². The van der Waals surface area contributed by atoms with Crippen LogP contribution in [0.3, 0.4) is 0 Å². The van der Waals surface area contributed by atoms with Crippen LogP contribution in [0.5, 0.6) is 0 Å². The van der Waals surface area contributed by atoms with E-state index in [4.69, 9.17) is 21.4 Å². The van der Waals surface area contributed by atoms with Crippen LogP contribution in [0.25, 0.3) is 5.69 Å². The molecule has 0 fully saturated rings. The number of benzene rings is 1. The lowest BCUT2D eigenvalue weighted by Crippen LogP contribution is -2.31. The standard InChI is InChI=1S/C17H17ClN4O4/c1-26-17(25)11-9-21(7-8-23)16(24)14(11)20-13-4-2-3-12(18)15(13)22-6-5-19-10-22/h2-6,10,20,23H,7-9H2,1H3. The molecule has 0 saturated heterocycles. The molecule has 2 N–H and O–H groups in total. The SMILES string of the molecule is COC(=O)C1=C(Nc2cccc(Cl)c2-n2ccnc2)C(=O)N(CCO)C1. The number of anilines is 1. The lowest BCUT2D eigenvalue weighted by atomic mass is 10.2. The Hall–Kier alpha value is -2.84. The molecule has 2 heterocycles. The van der Waals surface area contributed by atoms with Crippen molar-refractivity contribution in [1.82, 2.24) is 14.5 Å². The fourth-order valence-corrected chi connectivity index (χ4v) is 3.03. The Labute approximate surface area is 154 Å². The van der Waals surface area contributed by atoms with Crippen LogP contribution in [-0.4, -0.2) is 58.2 Å². The molecule has 0 radical (unpaired) electrons. The maximum absolute atomic E-state index is 12.6. The molecular formula is C17H17ClN4O4. The summed E-state index contributed by atoms with van der Waals surface area (Å²) in [6.45, 7) is -0.0191. The van der Waals surface area contributed by atoms with E-state index in [1.165, 1.54) is 12.0 Å². The number of aliphatic hydroxyl groups is 1. The summed E-state index contributed by atoms with van der Waals surface area (Å²) >= 11 is 6.32. The van der Waals surface area contributed by atoms with Gasteiger partial charge < -0.3 is 24.6 Å². The smallest absolute Gasteiger partial charge is 0.337 e. The molecule has 1 aliphatic heterocycles. The lowest BCUT2D eigenvalue weighted by molar-refractivity contribution is -0.136. The van der Waals surface area contributed by atoms with E-state index in [0.717, 1.165) is 0 Å². The van der Waals surface area contributed by atoms with Gasteiger partial charge in [0.15, 0.2) is 0 Å². The molecule has 1 aromatic heterocycles. The first-order chi connectivity index (χ1) is 12.6. The zero-order valence-corrected chi connectivity index (χ0v) is 14.7. The van der Waals surface area contributed by atoms with E-state index in [-0.39, 0.29) is 31.0 Å². The first-order valence-electron chi connectivity index (χ1n) is 7.82. The van der Waals surface area contributed by atoms with Crippen molar-refractivity contribution in [2.24, 2.45) is 0 Å². The van der Waals surface area contributed by atoms with Crippen LogP contribution in [0.1, 0.15) is 0 Å². The molecule has 8 nitrogen and oxygen atoms in total. The zero-order chi connectivity index (χ0) is 18.7. The number of hydrogen-bond acceptors (Lipinski definition) is 6. The summed E-state index contributed by atoms with van der Waals surface area (Å²) in [7, 11) is 1.25. The fraction of sp³-hybridized carbons (Fsp3) is 0.235. The molecule has 0 unspecified atom stereocenters. The van der Waals surface area contributed by atoms with Gasteiger partial charge in [-0.05, 0) is 12.1 Å². The van der Waals surface area contributed by atoms with Crippen LogP contribution in [0.15, 0.2) is 48.2 Å². The van der Waals surface area contributed by atoms with Crippen LogP contribution in [0.2, 0.25) is 5.02 Å². The molecule has 1 aliphatic rings. The summed E-state index contributed by atoms with van der Waals surface area (Å²) in [6.07, 6.45) is 4.91. The first kappa shape index (κ1) is 18.0. The zero-order valence-electron chi connectivity index (χ0n) is 14.0. The molecule has 26 heavy (non-hydrogen) atoms. The van der Waals surface area contributed by atoms with E-state index < -0.39 is 11.9 Å². The van der Waals surface area contributed by atoms with E-state index in [1.54, 1.807) is 41.5 Å². The van der Waals surface area contributed by atoms with Crippen molar-refractivity contribution < 1.29 is 19.4 Å². The summed E-state index contributed by atoms with van der Waals surface area (Å²) in [5, 5.41) is 12.6. The van der Waals surface area contributed by atoms with Crippen molar-refractivity contribution in [3.05, 3.63) is 53.2 Å². The van der Waals surface area contributed by atoms with Crippen molar-refractivity contribution in [3.63, 3.8) is 0 Å². The number of methoxy groups -OCH3 is 1. The normalized spacial score (nSPS) is 14.1. The molecule has 136 valence electrons. The van der Waals surface area contributed by atoms with Crippen molar-refractivity contribution in [3.8, 4) is 5.69 Å². The molecule has 0 saturated carbocycles. The molecule has 0 bridgehead atoms. The number of para-hydroxylation sites is 1. The van der Waals surface area contributed by atoms with Crippen LogP contribution in [0.4, 0.5) is 5.69 Å². The van der Waals surface area contributed by atoms with Gasteiger partial charge in [0.25, 0.3) is 5.91 Å². The van der Waals surface area contributed by atoms with Gasteiger partial charge in [0.2, 0.25) is 0 Å². The minimum atomic E-state index is -0.604. The van der Waals surface area contributed by atoms with E-state index in [9.17, 15) is 9.59 Å². The number of aromatic nitrogens is 2. The second-order valence-corrected chi connectivity index (χ2v) is 5.93. The van der Waals surface area contributed by atoms with Gasteiger partial charge >= 0.3 is 5.97 Å². The number of rotatable bonds is 6. The summed E-state index contributed by atoms with van der Waals surface area (Å²) in [4.78, 5) is 30.1. The van der Waals surface area contributed by atoms with Gasteiger partial charge in [-0.25, -0.2) is 9.78 Å².